The first-order valence-corrected chi connectivity index (χ1v) is 3.53. The third-order valence-corrected chi connectivity index (χ3v) is 1.49. The minimum absolute atomic E-state index is 0.0947. The molecule has 0 bridgehead atoms. The number of thiol groups is 1. The van der Waals surface area contributed by atoms with Crippen molar-refractivity contribution in [1.82, 2.24) is 10.0 Å². The van der Waals surface area contributed by atoms with Crippen LogP contribution in [-0.4, -0.2) is 4.58 Å². The summed E-state index contributed by atoms with van der Waals surface area (Å²) in [6, 6.07) is 0. The topological polar surface area (TPSA) is 24.5 Å². The summed E-state index contributed by atoms with van der Waals surface area (Å²) in [7, 11) is 0. The first-order valence-electron chi connectivity index (χ1n) is 3.13. The van der Waals surface area contributed by atoms with Crippen molar-refractivity contribution in [3.8, 4) is 0 Å². The van der Waals surface area contributed by atoms with E-state index in [1.807, 2.05) is 0 Å². The second-order valence-corrected chi connectivity index (χ2v) is 3.63. The van der Waals surface area contributed by atoms with Crippen LogP contribution in [-0.2, 0) is 4.84 Å². The molecule has 3 nitrogen and oxygen atoms in total. The van der Waals surface area contributed by atoms with Crippen LogP contribution in [0.1, 0.15) is 20.8 Å². The molecule has 0 aliphatic carbocycles. The number of allylic oxidation sites excluding steroid dienone is 1. The Morgan fingerprint density at radius 3 is 2.40 bits per heavy atom. The minimum Gasteiger partial charge on any atom is -0.382 e. The molecule has 0 saturated heterocycles. The van der Waals surface area contributed by atoms with Crippen LogP contribution in [0.5, 0.6) is 0 Å². The van der Waals surface area contributed by atoms with Gasteiger partial charge in [-0.15, -0.1) is 0 Å². The molecule has 0 spiro atoms. The summed E-state index contributed by atoms with van der Waals surface area (Å²) < 4.78 is 1.28. The lowest BCUT2D eigenvalue weighted by atomic mass is 9.93. The van der Waals surface area contributed by atoms with Gasteiger partial charge in [-0.3, -0.25) is 5.43 Å². The zero-order valence-corrected chi connectivity index (χ0v) is 7.27. The lowest BCUT2D eigenvalue weighted by Gasteiger charge is -2.19. The fourth-order valence-corrected chi connectivity index (χ4v) is 0.758. The summed E-state index contributed by atoms with van der Waals surface area (Å²) in [4.78, 5) is 4.92. The lowest BCUT2D eigenvalue weighted by molar-refractivity contribution is -0.00756. The van der Waals surface area contributed by atoms with Crippen LogP contribution in [0.25, 0.3) is 0 Å². The molecule has 10 heavy (non-hydrogen) atoms. The maximum atomic E-state index is 4.92. The molecule has 0 unspecified atom stereocenters. The summed E-state index contributed by atoms with van der Waals surface area (Å²) >= 11 is 3.93. The third kappa shape index (κ3) is 1.58. The summed E-state index contributed by atoms with van der Waals surface area (Å²) in [6.07, 6.45) is 1.66. The predicted molar refractivity (Wildman–Crippen MR) is 42.6 cm³/mol. The highest BCUT2D eigenvalue weighted by molar-refractivity contribution is 7.77. The average molecular weight is 160 g/mol. The molecule has 0 fully saturated rings. The van der Waals surface area contributed by atoms with Gasteiger partial charge in [0.15, 0.2) is 0 Å². The fraction of sp³-hybridized carbons (Fsp3) is 0.667. The van der Waals surface area contributed by atoms with Gasteiger partial charge in [-0.05, 0) is 12.8 Å². The van der Waals surface area contributed by atoms with Crippen LogP contribution in [0.4, 0.5) is 0 Å². The van der Waals surface area contributed by atoms with Crippen molar-refractivity contribution in [2.45, 2.75) is 20.8 Å². The van der Waals surface area contributed by atoms with Crippen LogP contribution in [0.3, 0.4) is 0 Å². The van der Waals surface area contributed by atoms with E-state index in [4.69, 9.17) is 4.84 Å². The van der Waals surface area contributed by atoms with E-state index in [1.54, 1.807) is 6.26 Å². The van der Waals surface area contributed by atoms with Gasteiger partial charge in [0, 0.05) is 9.99 Å². The van der Waals surface area contributed by atoms with Crippen LogP contribution in [0.2, 0.25) is 0 Å². The van der Waals surface area contributed by atoms with Crippen molar-refractivity contribution in [3.05, 3.63) is 12.0 Å². The first kappa shape index (κ1) is 7.75. The third-order valence-electron chi connectivity index (χ3n) is 1.29. The number of nitrogens with zero attached hydrogens (tertiary/aromatic N) is 1. The molecule has 0 amide bonds. The average Bonchev–Trinajstić information content (AvgIpc) is 2.11. The Kier molecular flexibility index (Phi) is 1.83. The summed E-state index contributed by atoms with van der Waals surface area (Å²) in [6.45, 7) is 6.30. The highest BCUT2D eigenvalue weighted by Crippen LogP contribution is 2.26. The largest absolute Gasteiger partial charge is 0.382 e. The van der Waals surface area contributed by atoms with Crippen LogP contribution >= 0.6 is 12.8 Å². The molecule has 1 aliphatic heterocycles. The highest BCUT2D eigenvalue weighted by atomic mass is 32.1. The van der Waals surface area contributed by atoms with Gasteiger partial charge < -0.3 is 4.84 Å². The Balaban J connectivity index is 2.60. The maximum Gasteiger partial charge on any atom is 0.136 e. The SMILES string of the molecule is CC(C)(C)C1=CON(S)N1. The standard InChI is InChI=1S/C6H12N2OS/c1-6(2,3)5-4-9-8(10)7-5/h4,7,10H,1-3H3. The van der Waals surface area contributed by atoms with Crippen LogP contribution in [0.15, 0.2) is 12.0 Å². The van der Waals surface area contributed by atoms with E-state index >= 15 is 0 Å². The number of nitrogens with one attached hydrogen (secondary N) is 1. The molecule has 4 heteroatoms. The molecule has 0 atom stereocenters. The van der Waals surface area contributed by atoms with Gasteiger partial charge in [0.25, 0.3) is 0 Å². The summed E-state index contributed by atoms with van der Waals surface area (Å²) in [5.74, 6) is 0. The van der Waals surface area contributed by atoms with Crippen molar-refractivity contribution in [1.29, 1.82) is 0 Å². The van der Waals surface area contributed by atoms with E-state index in [1.165, 1.54) is 4.58 Å². The van der Waals surface area contributed by atoms with E-state index in [9.17, 15) is 0 Å². The Bertz CT molecular complexity index is 162. The number of rotatable bonds is 0. The van der Waals surface area contributed by atoms with E-state index in [2.05, 4.69) is 39.0 Å². The number of hydrogen-bond donors (Lipinski definition) is 2. The van der Waals surface area contributed by atoms with Gasteiger partial charge >= 0.3 is 0 Å². The maximum absolute atomic E-state index is 4.92. The predicted octanol–water partition coefficient (Wildman–Crippen LogP) is 1.47. The lowest BCUT2D eigenvalue weighted by Crippen LogP contribution is -2.27. The molecular formula is C6H12N2OS. The first-order chi connectivity index (χ1) is 4.50. The number of hydrazine groups is 1. The van der Waals surface area contributed by atoms with Gasteiger partial charge in [0.2, 0.25) is 0 Å². The second-order valence-electron chi connectivity index (χ2n) is 3.27. The van der Waals surface area contributed by atoms with Crippen LogP contribution < -0.4 is 5.43 Å². The summed E-state index contributed by atoms with van der Waals surface area (Å²) in [5, 5.41) is 0. The Morgan fingerprint density at radius 1 is 1.60 bits per heavy atom. The van der Waals surface area contributed by atoms with Gasteiger partial charge in [-0.2, -0.15) is 0 Å². The molecule has 0 aromatic carbocycles. The highest BCUT2D eigenvalue weighted by Gasteiger charge is 2.23. The monoisotopic (exact) mass is 160 g/mol. The molecule has 1 heterocycles. The molecular weight excluding hydrogens is 148 g/mol. The van der Waals surface area contributed by atoms with Crippen molar-refractivity contribution in [2.75, 3.05) is 0 Å². The van der Waals surface area contributed by atoms with Crippen molar-refractivity contribution in [2.24, 2.45) is 5.41 Å². The molecule has 0 aromatic rings. The zero-order chi connectivity index (χ0) is 7.78. The van der Waals surface area contributed by atoms with Crippen molar-refractivity contribution >= 4 is 12.8 Å². The van der Waals surface area contributed by atoms with Crippen molar-refractivity contribution < 1.29 is 4.84 Å². The summed E-state index contributed by atoms with van der Waals surface area (Å²) in [5.41, 5.74) is 4.05. The zero-order valence-electron chi connectivity index (χ0n) is 6.38. The van der Waals surface area contributed by atoms with Gasteiger partial charge in [-0.25, -0.2) is 0 Å². The van der Waals surface area contributed by atoms with E-state index in [0.29, 0.717) is 0 Å². The van der Waals surface area contributed by atoms with Crippen molar-refractivity contribution in [3.63, 3.8) is 0 Å². The van der Waals surface area contributed by atoms with E-state index in [0.717, 1.165) is 5.70 Å². The van der Waals surface area contributed by atoms with Gasteiger partial charge in [0.05, 0.1) is 5.70 Å². The van der Waals surface area contributed by atoms with Gasteiger partial charge in [-0.1, -0.05) is 20.8 Å². The van der Waals surface area contributed by atoms with Gasteiger partial charge in [0.1, 0.15) is 6.26 Å². The second kappa shape index (κ2) is 2.36. The molecule has 0 aromatic heterocycles. The molecule has 0 saturated carbocycles. The molecule has 0 radical (unpaired) electrons. The Hall–Kier alpha value is -0.350. The minimum atomic E-state index is 0.0947. The molecule has 58 valence electrons. The normalized spacial score (nSPS) is 19.8. The Morgan fingerprint density at radius 2 is 2.20 bits per heavy atom. The van der Waals surface area contributed by atoms with E-state index < -0.39 is 0 Å². The number of hydrogen-bond acceptors (Lipinski definition) is 4. The molecule has 1 N–H and O–H groups in total. The quantitative estimate of drug-likeness (QED) is 0.525. The smallest absolute Gasteiger partial charge is 0.136 e. The van der Waals surface area contributed by atoms with Crippen LogP contribution in [0, 0.1) is 5.41 Å². The van der Waals surface area contributed by atoms with E-state index in [-0.39, 0.29) is 5.41 Å². The Labute approximate surface area is 66.5 Å². The fourth-order valence-electron chi connectivity index (χ4n) is 0.603. The molecule has 1 rings (SSSR count). The molecule has 1 aliphatic rings.